The van der Waals surface area contributed by atoms with Crippen LogP contribution in [0.15, 0.2) is 43.0 Å². The zero-order chi connectivity index (χ0) is 16.8. The number of nitrogens with one attached hydrogen (secondary N) is 3. The van der Waals surface area contributed by atoms with Gasteiger partial charge in [-0.1, -0.05) is 6.07 Å². The molecule has 3 rings (SSSR count). The smallest absolute Gasteiger partial charge is 0.251 e. The molecule has 24 heavy (non-hydrogen) atoms. The molecule has 2 heterocycles. The molecular formula is C17H21N5O2. The van der Waals surface area contributed by atoms with Crippen LogP contribution in [0.25, 0.3) is 0 Å². The standard InChI is InChI=1S/C17H21N5O2/c23-16(4-6-22-7-5-18-12-22)21-15-3-1-2-14(8-15)17(24)20-11-13-9-19-10-13/h1-3,5,7-8,12-13,19H,4,6,9-11H2,(H,20,24)(H,21,23). The molecule has 1 saturated heterocycles. The number of aromatic nitrogens is 2. The van der Waals surface area contributed by atoms with E-state index in [2.05, 4.69) is 20.9 Å². The zero-order valence-electron chi connectivity index (χ0n) is 13.4. The molecule has 0 atom stereocenters. The molecule has 0 unspecified atom stereocenters. The summed E-state index contributed by atoms with van der Waals surface area (Å²) in [6, 6.07) is 6.99. The fourth-order valence-electron chi connectivity index (χ4n) is 2.44. The lowest BCUT2D eigenvalue weighted by molar-refractivity contribution is -0.116. The van der Waals surface area contributed by atoms with Gasteiger partial charge in [-0.2, -0.15) is 0 Å². The fraction of sp³-hybridized carbons (Fsp3) is 0.353. The lowest BCUT2D eigenvalue weighted by Crippen LogP contribution is -2.48. The highest BCUT2D eigenvalue weighted by atomic mass is 16.2. The summed E-state index contributed by atoms with van der Waals surface area (Å²) in [5.41, 5.74) is 1.18. The predicted molar refractivity (Wildman–Crippen MR) is 90.6 cm³/mol. The van der Waals surface area contributed by atoms with E-state index in [1.54, 1.807) is 36.8 Å². The first kappa shape index (κ1) is 16.2. The van der Waals surface area contributed by atoms with E-state index < -0.39 is 0 Å². The van der Waals surface area contributed by atoms with Crippen LogP contribution in [0.4, 0.5) is 5.69 Å². The Balaban J connectivity index is 1.50. The Hall–Kier alpha value is -2.67. The lowest BCUT2D eigenvalue weighted by atomic mass is 10.0. The summed E-state index contributed by atoms with van der Waals surface area (Å²) in [5, 5.41) is 8.92. The van der Waals surface area contributed by atoms with Crippen LogP contribution in [-0.2, 0) is 11.3 Å². The Morgan fingerprint density at radius 2 is 2.21 bits per heavy atom. The molecule has 0 aliphatic carbocycles. The Kier molecular flexibility index (Phi) is 5.22. The quantitative estimate of drug-likeness (QED) is 0.704. The summed E-state index contributed by atoms with van der Waals surface area (Å²) >= 11 is 0. The summed E-state index contributed by atoms with van der Waals surface area (Å²) in [6.07, 6.45) is 5.52. The van der Waals surface area contributed by atoms with Gasteiger partial charge in [0.15, 0.2) is 0 Å². The molecule has 0 bridgehead atoms. The van der Waals surface area contributed by atoms with Crippen LogP contribution in [-0.4, -0.2) is 41.0 Å². The van der Waals surface area contributed by atoms with Gasteiger partial charge in [-0.25, -0.2) is 4.98 Å². The van der Waals surface area contributed by atoms with Crippen LogP contribution < -0.4 is 16.0 Å². The minimum Gasteiger partial charge on any atom is -0.352 e. The highest BCUT2D eigenvalue weighted by Crippen LogP contribution is 2.11. The van der Waals surface area contributed by atoms with Gasteiger partial charge in [0.2, 0.25) is 5.91 Å². The van der Waals surface area contributed by atoms with Crippen molar-refractivity contribution in [3.05, 3.63) is 48.5 Å². The molecule has 1 aliphatic rings. The van der Waals surface area contributed by atoms with Gasteiger partial charge in [0.25, 0.3) is 5.91 Å². The van der Waals surface area contributed by atoms with Gasteiger partial charge < -0.3 is 20.5 Å². The van der Waals surface area contributed by atoms with Gasteiger partial charge in [0.1, 0.15) is 0 Å². The van der Waals surface area contributed by atoms with Gasteiger partial charge in [-0.3, -0.25) is 9.59 Å². The van der Waals surface area contributed by atoms with Crippen molar-refractivity contribution in [2.24, 2.45) is 5.92 Å². The molecule has 126 valence electrons. The summed E-state index contributed by atoms with van der Waals surface area (Å²) in [7, 11) is 0. The van der Waals surface area contributed by atoms with Crippen molar-refractivity contribution in [1.82, 2.24) is 20.2 Å². The van der Waals surface area contributed by atoms with Crippen LogP contribution in [0.3, 0.4) is 0 Å². The van der Waals surface area contributed by atoms with Crippen LogP contribution >= 0.6 is 0 Å². The maximum Gasteiger partial charge on any atom is 0.251 e. The minimum atomic E-state index is -0.114. The maximum absolute atomic E-state index is 12.2. The van der Waals surface area contributed by atoms with Crippen LogP contribution in [0, 0.1) is 5.92 Å². The number of hydrogen-bond donors (Lipinski definition) is 3. The SMILES string of the molecule is O=C(CCn1ccnc1)Nc1cccc(C(=O)NCC2CNC2)c1. The van der Waals surface area contributed by atoms with E-state index in [0.29, 0.717) is 36.7 Å². The topological polar surface area (TPSA) is 88.0 Å². The molecule has 2 amide bonds. The van der Waals surface area contributed by atoms with Gasteiger partial charge >= 0.3 is 0 Å². The third kappa shape index (κ3) is 4.42. The molecular weight excluding hydrogens is 306 g/mol. The summed E-state index contributed by atoms with van der Waals surface area (Å²) in [4.78, 5) is 28.1. The Morgan fingerprint density at radius 3 is 2.92 bits per heavy atom. The second-order valence-electron chi connectivity index (χ2n) is 5.91. The monoisotopic (exact) mass is 327 g/mol. The number of benzene rings is 1. The zero-order valence-corrected chi connectivity index (χ0v) is 13.4. The molecule has 0 saturated carbocycles. The number of hydrogen-bond acceptors (Lipinski definition) is 4. The normalized spacial score (nSPS) is 14.0. The number of imidazole rings is 1. The first-order valence-electron chi connectivity index (χ1n) is 8.05. The Bertz CT molecular complexity index is 695. The van der Waals surface area contributed by atoms with Crippen molar-refractivity contribution in [2.45, 2.75) is 13.0 Å². The largest absolute Gasteiger partial charge is 0.352 e. The number of anilines is 1. The van der Waals surface area contributed by atoms with Crippen LogP contribution in [0.1, 0.15) is 16.8 Å². The molecule has 1 aromatic carbocycles. The molecule has 7 nitrogen and oxygen atoms in total. The number of aryl methyl sites for hydroxylation is 1. The van der Waals surface area contributed by atoms with Crippen molar-refractivity contribution in [3.8, 4) is 0 Å². The van der Waals surface area contributed by atoms with E-state index >= 15 is 0 Å². The average molecular weight is 327 g/mol. The predicted octanol–water partition coefficient (Wildman–Crippen LogP) is 0.861. The second kappa shape index (κ2) is 7.74. The highest BCUT2D eigenvalue weighted by Gasteiger charge is 2.17. The maximum atomic E-state index is 12.2. The molecule has 7 heteroatoms. The summed E-state index contributed by atoms with van der Waals surface area (Å²) < 4.78 is 1.85. The van der Waals surface area contributed by atoms with Crippen molar-refractivity contribution in [2.75, 3.05) is 25.0 Å². The minimum absolute atomic E-state index is 0.0956. The van der Waals surface area contributed by atoms with E-state index in [9.17, 15) is 9.59 Å². The first-order chi connectivity index (χ1) is 11.7. The van der Waals surface area contributed by atoms with E-state index in [4.69, 9.17) is 0 Å². The van der Waals surface area contributed by atoms with E-state index in [1.165, 1.54) is 0 Å². The third-order valence-corrected chi connectivity index (χ3v) is 3.98. The van der Waals surface area contributed by atoms with Crippen molar-refractivity contribution >= 4 is 17.5 Å². The molecule has 1 fully saturated rings. The number of amides is 2. The number of nitrogens with zero attached hydrogens (tertiary/aromatic N) is 2. The second-order valence-corrected chi connectivity index (χ2v) is 5.91. The summed E-state index contributed by atoms with van der Waals surface area (Å²) in [5.74, 6) is 0.304. The van der Waals surface area contributed by atoms with Gasteiger partial charge in [-0.15, -0.1) is 0 Å². The lowest BCUT2D eigenvalue weighted by Gasteiger charge is -2.27. The number of rotatable bonds is 7. The van der Waals surface area contributed by atoms with E-state index in [1.807, 2.05) is 10.8 Å². The van der Waals surface area contributed by atoms with Crippen molar-refractivity contribution in [3.63, 3.8) is 0 Å². The van der Waals surface area contributed by atoms with E-state index in [-0.39, 0.29) is 11.8 Å². The molecule has 1 aromatic heterocycles. The molecule has 1 aliphatic heterocycles. The molecule has 0 radical (unpaired) electrons. The van der Waals surface area contributed by atoms with Crippen molar-refractivity contribution < 1.29 is 9.59 Å². The van der Waals surface area contributed by atoms with Crippen LogP contribution in [0.5, 0.6) is 0 Å². The molecule has 0 spiro atoms. The molecule has 2 aromatic rings. The highest BCUT2D eigenvalue weighted by molar-refractivity contribution is 5.97. The van der Waals surface area contributed by atoms with Crippen LogP contribution in [0.2, 0.25) is 0 Å². The Morgan fingerprint density at radius 1 is 1.33 bits per heavy atom. The molecule has 3 N–H and O–H groups in total. The number of carbonyl (C=O) groups excluding carboxylic acids is 2. The first-order valence-corrected chi connectivity index (χ1v) is 8.05. The van der Waals surface area contributed by atoms with E-state index in [0.717, 1.165) is 13.1 Å². The fourth-order valence-corrected chi connectivity index (χ4v) is 2.44. The van der Waals surface area contributed by atoms with Gasteiger partial charge in [-0.05, 0) is 18.2 Å². The third-order valence-electron chi connectivity index (χ3n) is 3.98. The summed E-state index contributed by atoms with van der Waals surface area (Å²) in [6.45, 7) is 3.15. The van der Waals surface area contributed by atoms with Gasteiger partial charge in [0.05, 0.1) is 6.33 Å². The average Bonchev–Trinajstić information content (AvgIpc) is 3.05. The van der Waals surface area contributed by atoms with Crippen molar-refractivity contribution in [1.29, 1.82) is 0 Å². The Labute approximate surface area is 140 Å². The number of carbonyl (C=O) groups is 2. The van der Waals surface area contributed by atoms with Gasteiger partial charge in [0, 0.05) is 62.2 Å².